The predicted molar refractivity (Wildman–Crippen MR) is 92.5 cm³/mol. The highest BCUT2D eigenvalue weighted by molar-refractivity contribution is 5.95. The van der Waals surface area contributed by atoms with E-state index >= 15 is 0 Å². The van der Waals surface area contributed by atoms with E-state index in [0.29, 0.717) is 34.9 Å². The van der Waals surface area contributed by atoms with E-state index in [1.807, 2.05) is 6.92 Å². The lowest BCUT2D eigenvalue weighted by Crippen LogP contribution is -2.46. The van der Waals surface area contributed by atoms with Crippen molar-refractivity contribution >= 4 is 12.0 Å². The monoisotopic (exact) mass is 348 g/mol. The molecule has 0 saturated heterocycles. The summed E-state index contributed by atoms with van der Waals surface area (Å²) in [5.74, 6) is 0.562. The van der Waals surface area contributed by atoms with Crippen molar-refractivity contribution < 1.29 is 23.8 Å². The second-order valence-corrected chi connectivity index (χ2v) is 5.47. The van der Waals surface area contributed by atoms with Crippen molar-refractivity contribution in [2.45, 2.75) is 26.8 Å². The summed E-state index contributed by atoms with van der Waals surface area (Å²) >= 11 is 0. The van der Waals surface area contributed by atoms with Gasteiger partial charge in [0.1, 0.15) is 0 Å². The van der Waals surface area contributed by atoms with Crippen LogP contribution in [0.25, 0.3) is 0 Å². The number of carbonyl (C=O) groups is 2. The van der Waals surface area contributed by atoms with E-state index in [1.54, 1.807) is 46.2 Å². The lowest BCUT2D eigenvalue weighted by molar-refractivity contribution is -0.139. The van der Waals surface area contributed by atoms with Gasteiger partial charge in [0.25, 0.3) is 0 Å². The number of nitrogens with zero attached hydrogens (tertiary/aromatic N) is 1. The number of carbonyl (C=O) groups excluding carboxylic acids is 2. The summed E-state index contributed by atoms with van der Waals surface area (Å²) in [7, 11) is 3.15. The molecule has 1 aromatic carbocycles. The van der Waals surface area contributed by atoms with Gasteiger partial charge in [-0.25, -0.2) is 9.59 Å². The minimum Gasteiger partial charge on any atom is -0.493 e. The van der Waals surface area contributed by atoms with E-state index in [2.05, 4.69) is 5.32 Å². The molecule has 0 radical (unpaired) electrons. The number of urea groups is 1. The van der Waals surface area contributed by atoms with Crippen LogP contribution in [0.5, 0.6) is 11.5 Å². The minimum absolute atomic E-state index is 0.246. The molecule has 0 spiro atoms. The number of amides is 2. The largest absolute Gasteiger partial charge is 0.493 e. The third-order valence-electron chi connectivity index (χ3n) is 4.08. The lowest BCUT2D eigenvalue weighted by atomic mass is 9.94. The Kier molecular flexibility index (Phi) is 5.90. The molecule has 0 saturated carbocycles. The average molecular weight is 348 g/mol. The molecule has 0 fully saturated rings. The second kappa shape index (κ2) is 7.92. The first-order chi connectivity index (χ1) is 12.0. The number of esters is 1. The van der Waals surface area contributed by atoms with Crippen LogP contribution < -0.4 is 14.8 Å². The van der Waals surface area contributed by atoms with Gasteiger partial charge in [-0.05, 0) is 26.8 Å². The number of ether oxygens (including phenoxy) is 3. The molecule has 7 nitrogen and oxygen atoms in total. The third kappa shape index (κ3) is 3.55. The fourth-order valence-corrected chi connectivity index (χ4v) is 2.76. The van der Waals surface area contributed by atoms with E-state index < -0.39 is 12.0 Å². The van der Waals surface area contributed by atoms with Gasteiger partial charge in [-0.15, -0.1) is 0 Å². The summed E-state index contributed by atoms with van der Waals surface area (Å²) in [5, 5.41) is 2.85. The van der Waals surface area contributed by atoms with Gasteiger partial charge in [-0.2, -0.15) is 0 Å². The number of methoxy groups -OCH3 is 1. The first-order valence-electron chi connectivity index (χ1n) is 8.17. The molecule has 25 heavy (non-hydrogen) atoms. The fraction of sp³-hybridized carbons (Fsp3) is 0.444. The van der Waals surface area contributed by atoms with Crippen LogP contribution in [-0.2, 0) is 9.53 Å². The summed E-state index contributed by atoms with van der Waals surface area (Å²) < 4.78 is 16.3. The Hall–Kier alpha value is -2.70. The van der Waals surface area contributed by atoms with Gasteiger partial charge in [0.15, 0.2) is 11.5 Å². The maximum Gasteiger partial charge on any atom is 0.338 e. The highest BCUT2D eigenvalue weighted by Gasteiger charge is 2.37. The van der Waals surface area contributed by atoms with Crippen LogP contribution in [0.15, 0.2) is 29.5 Å². The predicted octanol–water partition coefficient (Wildman–Crippen LogP) is 2.63. The van der Waals surface area contributed by atoms with Crippen molar-refractivity contribution in [1.82, 2.24) is 10.2 Å². The number of hydrogen-bond acceptors (Lipinski definition) is 5. The van der Waals surface area contributed by atoms with E-state index in [0.717, 1.165) is 0 Å². The zero-order chi connectivity index (χ0) is 18.6. The maximum absolute atomic E-state index is 12.5. The number of nitrogens with one attached hydrogen (secondary N) is 1. The van der Waals surface area contributed by atoms with Crippen molar-refractivity contribution in [1.29, 1.82) is 0 Å². The zero-order valence-corrected chi connectivity index (χ0v) is 15.2. The Morgan fingerprint density at radius 1 is 1.28 bits per heavy atom. The highest BCUT2D eigenvalue weighted by atomic mass is 16.5. The second-order valence-electron chi connectivity index (χ2n) is 5.47. The van der Waals surface area contributed by atoms with Crippen LogP contribution in [0, 0.1) is 0 Å². The molecule has 1 aliphatic heterocycles. The standard InChI is InChI=1S/C18H24N2O5/c1-6-24-16-12(9-8-10-13(16)23-5)15-14(17(21)25-7-2)11(3)20(4)18(22)19-15/h8-10,15H,6-7H2,1-5H3,(H,19,22). The van der Waals surface area contributed by atoms with Crippen LogP contribution in [0.3, 0.4) is 0 Å². The Labute approximate surface area is 147 Å². The van der Waals surface area contributed by atoms with E-state index in [9.17, 15) is 9.59 Å². The summed E-state index contributed by atoms with van der Waals surface area (Å²) in [4.78, 5) is 26.2. The normalized spacial score (nSPS) is 17.2. The number of allylic oxidation sites excluding steroid dienone is 1. The molecule has 1 aromatic rings. The Balaban J connectivity index is 2.62. The SMILES string of the molecule is CCOC(=O)C1=C(C)N(C)C(=O)NC1c1cccc(OC)c1OCC. The molecule has 0 aromatic heterocycles. The summed E-state index contributed by atoms with van der Waals surface area (Å²) in [6.07, 6.45) is 0. The van der Waals surface area contributed by atoms with Crippen molar-refractivity contribution in [2.24, 2.45) is 0 Å². The smallest absolute Gasteiger partial charge is 0.338 e. The number of para-hydroxylation sites is 1. The maximum atomic E-state index is 12.5. The van der Waals surface area contributed by atoms with Crippen molar-refractivity contribution in [3.63, 3.8) is 0 Å². The van der Waals surface area contributed by atoms with Crippen LogP contribution in [-0.4, -0.2) is 44.3 Å². The summed E-state index contributed by atoms with van der Waals surface area (Å²) in [6, 6.07) is 4.38. The quantitative estimate of drug-likeness (QED) is 0.800. The van der Waals surface area contributed by atoms with Crippen molar-refractivity contribution in [3.8, 4) is 11.5 Å². The molecule has 136 valence electrons. The lowest BCUT2D eigenvalue weighted by Gasteiger charge is -2.34. The van der Waals surface area contributed by atoms with Gasteiger partial charge >= 0.3 is 12.0 Å². The molecule has 2 rings (SSSR count). The highest BCUT2D eigenvalue weighted by Crippen LogP contribution is 2.40. The summed E-state index contributed by atoms with van der Waals surface area (Å²) in [5.41, 5.74) is 1.56. The van der Waals surface area contributed by atoms with Gasteiger partial charge in [0.2, 0.25) is 0 Å². The number of hydrogen-bond donors (Lipinski definition) is 1. The van der Waals surface area contributed by atoms with Crippen LogP contribution in [0.1, 0.15) is 32.4 Å². The third-order valence-corrected chi connectivity index (χ3v) is 4.08. The number of rotatable bonds is 6. The Bertz CT molecular complexity index is 699. The topological polar surface area (TPSA) is 77.1 Å². The molecule has 1 unspecified atom stereocenters. The van der Waals surface area contributed by atoms with Crippen LogP contribution >= 0.6 is 0 Å². The van der Waals surface area contributed by atoms with Crippen LogP contribution in [0.2, 0.25) is 0 Å². The molecule has 1 atom stereocenters. The van der Waals surface area contributed by atoms with E-state index in [-0.39, 0.29) is 12.6 Å². The molecule has 1 N–H and O–H groups in total. The van der Waals surface area contributed by atoms with Gasteiger partial charge in [0, 0.05) is 18.3 Å². The number of benzene rings is 1. The van der Waals surface area contributed by atoms with Gasteiger partial charge in [-0.3, -0.25) is 0 Å². The van der Waals surface area contributed by atoms with Gasteiger partial charge in [-0.1, -0.05) is 12.1 Å². The van der Waals surface area contributed by atoms with E-state index in [4.69, 9.17) is 14.2 Å². The molecule has 1 aliphatic rings. The van der Waals surface area contributed by atoms with Crippen molar-refractivity contribution in [2.75, 3.05) is 27.4 Å². The van der Waals surface area contributed by atoms with Gasteiger partial charge in [0.05, 0.1) is 31.9 Å². The molecular formula is C18H24N2O5. The first kappa shape index (κ1) is 18.6. The molecule has 2 amide bonds. The first-order valence-corrected chi connectivity index (χ1v) is 8.17. The molecule has 7 heteroatoms. The Morgan fingerprint density at radius 3 is 2.60 bits per heavy atom. The Morgan fingerprint density at radius 2 is 2.00 bits per heavy atom. The molecule has 1 heterocycles. The fourth-order valence-electron chi connectivity index (χ4n) is 2.76. The molecule has 0 bridgehead atoms. The van der Waals surface area contributed by atoms with Crippen LogP contribution in [0.4, 0.5) is 4.79 Å². The van der Waals surface area contributed by atoms with E-state index in [1.165, 1.54) is 4.90 Å². The zero-order valence-electron chi connectivity index (χ0n) is 15.2. The minimum atomic E-state index is -0.681. The van der Waals surface area contributed by atoms with Gasteiger partial charge < -0.3 is 24.4 Å². The van der Waals surface area contributed by atoms with Crippen molar-refractivity contribution in [3.05, 3.63) is 35.0 Å². The average Bonchev–Trinajstić information content (AvgIpc) is 2.60. The molecule has 0 aliphatic carbocycles. The molecular weight excluding hydrogens is 324 g/mol. The summed E-state index contributed by atoms with van der Waals surface area (Å²) in [6.45, 7) is 5.99.